The number of hydrogen-bond acceptors (Lipinski definition) is 3. The van der Waals surface area contributed by atoms with E-state index in [9.17, 15) is 0 Å². The Labute approximate surface area is 96.3 Å². The predicted molar refractivity (Wildman–Crippen MR) is 57.7 cm³/mol. The van der Waals surface area contributed by atoms with E-state index in [1.165, 1.54) is 0 Å². The van der Waals surface area contributed by atoms with Crippen LogP contribution in [-0.2, 0) is 9.47 Å². The molecule has 0 atom stereocenters. The normalized spacial score (nSPS) is 11.2. The molecular weight excluding hydrogens is 271 g/mol. The summed E-state index contributed by atoms with van der Waals surface area (Å²) in [6.07, 6.45) is 1.74. The van der Waals surface area contributed by atoms with Crippen LogP contribution in [0.2, 0.25) is 5.15 Å². The lowest BCUT2D eigenvalue weighted by Gasteiger charge is -2.17. The third-order valence-corrected chi connectivity index (χ3v) is 2.54. The SMILES string of the molecule is COCC(COC)n1cc(Cl)nc1Br. The number of imidazole rings is 1. The standard InChI is InChI=1S/C8H12BrClN2O2/c1-13-4-6(5-14-2)12-3-7(10)11-8(12)9/h3,6H,4-5H2,1-2H3. The Bertz CT molecular complexity index is 287. The van der Waals surface area contributed by atoms with Crippen LogP contribution in [-0.4, -0.2) is 37.0 Å². The van der Waals surface area contributed by atoms with Crippen molar-refractivity contribution in [3.05, 3.63) is 16.1 Å². The molecule has 0 unspecified atom stereocenters. The molecule has 1 rings (SSSR count). The maximum atomic E-state index is 5.77. The third-order valence-electron chi connectivity index (χ3n) is 1.77. The fourth-order valence-electron chi connectivity index (χ4n) is 1.19. The zero-order valence-corrected chi connectivity index (χ0v) is 10.4. The van der Waals surface area contributed by atoms with Crippen LogP contribution in [0.4, 0.5) is 0 Å². The molecule has 0 bridgehead atoms. The van der Waals surface area contributed by atoms with Gasteiger partial charge in [0.05, 0.1) is 19.3 Å². The molecule has 80 valence electrons. The van der Waals surface area contributed by atoms with Gasteiger partial charge in [0.1, 0.15) is 5.15 Å². The van der Waals surface area contributed by atoms with E-state index < -0.39 is 0 Å². The van der Waals surface area contributed by atoms with Crippen LogP contribution in [0.3, 0.4) is 0 Å². The van der Waals surface area contributed by atoms with Crippen molar-refractivity contribution in [2.45, 2.75) is 6.04 Å². The van der Waals surface area contributed by atoms with Crippen LogP contribution in [0.25, 0.3) is 0 Å². The van der Waals surface area contributed by atoms with Gasteiger partial charge in [-0.1, -0.05) is 11.6 Å². The van der Waals surface area contributed by atoms with Crippen molar-refractivity contribution in [2.75, 3.05) is 27.4 Å². The lowest BCUT2D eigenvalue weighted by atomic mass is 10.3. The van der Waals surface area contributed by atoms with Crippen molar-refractivity contribution in [1.82, 2.24) is 9.55 Å². The molecule has 0 aliphatic heterocycles. The number of ether oxygens (including phenoxy) is 2. The lowest BCUT2D eigenvalue weighted by molar-refractivity contribution is 0.0884. The molecule has 0 amide bonds. The molecule has 0 aliphatic carbocycles. The Balaban J connectivity index is 2.80. The Morgan fingerprint density at radius 3 is 2.43 bits per heavy atom. The molecule has 0 aliphatic rings. The van der Waals surface area contributed by atoms with Crippen molar-refractivity contribution in [3.63, 3.8) is 0 Å². The van der Waals surface area contributed by atoms with Crippen molar-refractivity contribution < 1.29 is 9.47 Å². The summed E-state index contributed by atoms with van der Waals surface area (Å²) < 4.78 is 12.7. The van der Waals surface area contributed by atoms with Crippen molar-refractivity contribution in [1.29, 1.82) is 0 Å². The van der Waals surface area contributed by atoms with E-state index in [4.69, 9.17) is 21.1 Å². The summed E-state index contributed by atoms with van der Waals surface area (Å²) in [6.45, 7) is 1.11. The first-order valence-corrected chi connectivity index (χ1v) is 5.24. The maximum Gasteiger partial charge on any atom is 0.179 e. The van der Waals surface area contributed by atoms with Gasteiger partial charge in [0, 0.05) is 20.4 Å². The first-order chi connectivity index (χ1) is 6.69. The summed E-state index contributed by atoms with van der Waals surface area (Å²) in [5.41, 5.74) is 0. The fourth-order valence-corrected chi connectivity index (χ4v) is 2.06. The third kappa shape index (κ3) is 2.95. The van der Waals surface area contributed by atoms with Crippen molar-refractivity contribution >= 4 is 27.5 Å². The number of aromatic nitrogens is 2. The first kappa shape index (κ1) is 12.0. The molecule has 4 nitrogen and oxygen atoms in total. The monoisotopic (exact) mass is 282 g/mol. The van der Waals surface area contributed by atoms with Gasteiger partial charge in [-0.25, -0.2) is 4.98 Å². The van der Waals surface area contributed by atoms with Gasteiger partial charge in [-0.3, -0.25) is 0 Å². The lowest BCUT2D eigenvalue weighted by Crippen LogP contribution is -2.19. The smallest absolute Gasteiger partial charge is 0.179 e. The van der Waals surface area contributed by atoms with E-state index in [0.29, 0.717) is 23.1 Å². The molecule has 6 heteroatoms. The largest absolute Gasteiger partial charge is 0.382 e. The zero-order valence-electron chi connectivity index (χ0n) is 8.04. The zero-order chi connectivity index (χ0) is 10.6. The Hall–Kier alpha value is -0.100. The second kappa shape index (κ2) is 5.70. The van der Waals surface area contributed by atoms with Crippen LogP contribution >= 0.6 is 27.5 Å². The second-order valence-corrected chi connectivity index (χ2v) is 3.90. The van der Waals surface area contributed by atoms with Crippen LogP contribution in [0.5, 0.6) is 0 Å². The van der Waals surface area contributed by atoms with Gasteiger partial charge in [-0.15, -0.1) is 0 Å². The quantitative estimate of drug-likeness (QED) is 0.830. The number of nitrogens with zero attached hydrogens (tertiary/aromatic N) is 2. The summed E-state index contributed by atoms with van der Waals surface area (Å²) in [5, 5.41) is 0.453. The van der Waals surface area contributed by atoms with Crippen LogP contribution in [0, 0.1) is 0 Å². The molecule has 1 aromatic heterocycles. The van der Waals surface area contributed by atoms with Crippen molar-refractivity contribution in [2.24, 2.45) is 0 Å². The van der Waals surface area contributed by atoms with E-state index in [0.717, 1.165) is 0 Å². The van der Waals surface area contributed by atoms with E-state index in [2.05, 4.69) is 20.9 Å². The summed E-state index contributed by atoms with van der Waals surface area (Å²) in [5.74, 6) is 0. The summed E-state index contributed by atoms with van der Waals surface area (Å²) in [6, 6.07) is 0.0828. The van der Waals surface area contributed by atoms with Gasteiger partial charge in [-0.05, 0) is 15.9 Å². The molecule has 0 saturated heterocycles. The first-order valence-electron chi connectivity index (χ1n) is 4.06. The highest BCUT2D eigenvalue weighted by atomic mass is 79.9. The van der Waals surface area contributed by atoms with Crippen LogP contribution < -0.4 is 0 Å². The van der Waals surface area contributed by atoms with Gasteiger partial charge < -0.3 is 14.0 Å². The fraction of sp³-hybridized carbons (Fsp3) is 0.625. The molecule has 0 spiro atoms. The van der Waals surface area contributed by atoms with Gasteiger partial charge >= 0.3 is 0 Å². The molecule has 0 fully saturated rings. The maximum absolute atomic E-state index is 5.77. The van der Waals surface area contributed by atoms with Crippen LogP contribution in [0.15, 0.2) is 10.9 Å². The number of hydrogen-bond donors (Lipinski definition) is 0. The van der Waals surface area contributed by atoms with E-state index in [-0.39, 0.29) is 6.04 Å². The number of halogens is 2. The Kier molecular flexibility index (Phi) is 4.88. The molecule has 0 radical (unpaired) electrons. The van der Waals surface area contributed by atoms with E-state index in [1.54, 1.807) is 20.4 Å². The van der Waals surface area contributed by atoms with Gasteiger partial charge in [0.25, 0.3) is 0 Å². The predicted octanol–water partition coefficient (Wildman–Crippen LogP) is 2.13. The van der Waals surface area contributed by atoms with Gasteiger partial charge in [0.15, 0.2) is 4.73 Å². The Morgan fingerprint density at radius 2 is 2.07 bits per heavy atom. The van der Waals surface area contributed by atoms with Gasteiger partial charge in [-0.2, -0.15) is 0 Å². The highest BCUT2D eigenvalue weighted by Crippen LogP contribution is 2.20. The average Bonchev–Trinajstić information content (AvgIpc) is 2.45. The molecule has 0 saturated carbocycles. The second-order valence-electron chi connectivity index (χ2n) is 2.80. The topological polar surface area (TPSA) is 36.3 Å². The molecule has 0 aromatic carbocycles. The molecule has 1 heterocycles. The minimum atomic E-state index is 0.0828. The minimum absolute atomic E-state index is 0.0828. The van der Waals surface area contributed by atoms with Crippen molar-refractivity contribution in [3.8, 4) is 0 Å². The Morgan fingerprint density at radius 1 is 1.50 bits per heavy atom. The molecule has 1 aromatic rings. The number of rotatable bonds is 5. The van der Waals surface area contributed by atoms with E-state index >= 15 is 0 Å². The highest BCUT2D eigenvalue weighted by Gasteiger charge is 2.14. The summed E-state index contributed by atoms with van der Waals surface area (Å²) >= 11 is 9.08. The number of methoxy groups -OCH3 is 2. The average molecular weight is 284 g/mol. The molecular formula is C8H12BrClN2O2. The van der Waals surface area contributed by atoms with Crippen LogP contribution in [0.1, 0.15) is 6.04 Å². The minimum Gasteiger partial charge on any atom is -0.382 e. The summed E-state index contributed by atoms with van der Waals surface area (Å²) in [4.78, 5) is 4.03. The van der Waals surface area contributed by atoms with Gasteiger partial charge in [0.2, 0.25) is 0 Å². The summed E-state index contributed by atoms with van der Waals surface area (Å²) in [7, 11) is 3.30. The molecule has 0 N–H and O–H groups in total. The highest BCUT2D eigenvalue weighted by molar-refractivity contribution is 9.10. The van der Waals surface area contributed by atoms with E-state index in [1.807, 2.05) is 4.57 Å². The molecule has 14 heavy (non-hydrogen) atoms.